The Morgan fingerprint density at radius 3 is 2.41 bits per heavy atom. The van der Waals surface area contributed by atoms with Crippen molar-refractivity contribution < 1.29 is 9.59 Å². The molecule has 2 heterocycles. The van der Waals surface area contributed by atoms with Gasteiger partial charge in [0.1, 0.15) is 11.7 Å². The van der Waals surface area contributed by atoms with Crippen molar-refractivity contribution in [2.45, 2.75) is 51.1 Å². The first-order chi connectivity index (χ1) is 15.6. The van der Waals surface area contributed by atoms with Crippen LogP contribution in [0.5, 0.6) is 0 Å². The fourth-order valence-corrected chi connectivity index (χ4v) is 4.19. The third kappa shape index (κ3) is 5.02. The second-order valence-electron chi connectivity index (χ2n) is 8.26. The molecule has 1 aliphatic carbocycles. The number of anilines is 1. The number of rotatable bonds is 6. The van der Waals surface area contributed by atoms with Gasteiger partial charge in [-0.1, -0.05) is 55.2 Å². The molecule has 0 aliphatic heterocycles. The maximum atomic E-state index is 13.7. The molecule has 32 heavy (non-hydrogen) atoms. The molecule has 0 spiro atoms. The quantitative estimate of drug-likeness (QED) is 0.622. The van der Waals surface area contributed by atoms with Gasteiger partial charge in [-0.2, -0.15) is 0 Å². The summed E-state index contributed by atoms with van der Waals surface area (Å²) in [6, 6.07) is 15.8. The van der Waals surface area contributed by atoms with Gasteiger partial charge in [-0.25, -0.2) is 0 Å². The van der Waals surface area contributed by atoms with E-state index in [1.165, 1.54) is 11.3 Å². The van der Waals surface area contributed by atoms with Gasteiger partial charge < -0.3 is 5.32 Å². The van der Waals surface area contributed by atoms with Crippen molar-refractivity contribution >= 4 is 17.5 Å². The third-order valence-corrected chi connectivity index (χ3v) is 5.88. The highest BCUT2D eigenvalue weighted by Crippen LogP contribution is 2.30. The van der Waals surface area contributed by atoms with Crippen LogP contribution < -0.4 is 10.2 Å². The van der Waals surface area contributed by atoms with Gasteiger partial charge in [0, 0.05) is 18.4 Å². The number of hydrogen-bond donors (Lipinski definition) is 1. The molecule has 1 fully saturated rings. The number of nitrogens with one attached hydrogen (secondary N) is 1. The minimum atomic E-state index is -0.837. The molecule has 6 nitrogen and oxygen atoms in total. The Bertz CT molecular complexity index is 1030. The molecule has 1 aliphatic rings. The zero-order valence-corrected chi connectivity index (χ0v) is 18.3. The van der Waals surface area contributed by atoms with E-state index in [1.807, 2.05) is 31.2 Å². The van der Waals surface area contributed by atoms with Gasteiger partial charge in [0.25, 0.3) is 5.91 Å². The summed E-state index contributed by atoms with van der Waals surface area (Å²) >= 11 is 0. The molecule has 4 rings (SSSR count). The number of aromatic nitrogens is 2. The minimum absolute atomic E-state index is 0.130. The number of hydrogen-bond acceptors (Lipinski definition) is 4. The summed E-state index contributed by atoms with van der Waals surface area (Å²) in [6.45, 7) is 2.00. The molecule has 1 atom stereocenters. The van der Waals surface area contributed by atoms with E-state index in [1.54, 1.807) is 48.9 Å². The summed E-state index contributed by atoms with van der Waals surface area (Å²) in [6.07, 6.45) is 10.2. The van der Waals surface area contributed by atoms with Gasteiger partial charge in [0.2, 0.25) is 5.91 Å². The van der Waals surface area contributed by atoms with E-state index in [0.29, 0.717) is 5.69 Å². The van der Waals surface area contributed by atoms with Gasteiger partial charge in [-0.15, -0.1) is 0 Å². The number of carbonyl (C=O) groups is 2. The van der Waals surface area contributed by atoms with Crippen LogP contribution in [0.2, 0.25) is 0 Å². The van der Waals surface area contributed by atoms with Crippen molar-refractivity contribution in [1.82, 2.24) is 15.3 Å². The monoisotopic (exact) mass is 428 g/mol. The van der Waals surface area contributed by atoms with Crippen molar-refractivity contribution in [3.05, 3.63) is 90.0 Å². The normalized spacial score (nSPS) is 15.0. The lowest BCUT2D eigenvalue weighted by Gasteiger charge is -2.33. The first kappa shape index (κ1) is 21.7. The van der Waals surface area contributed by atoms with Crippen LogP contribution in [0.15, 0.2) is 73.2 Å². The van der Waals surface area contributed by atoms with Crippen LogP contribution in [0.25, 0.3) is 0 Å². The molecule has 0 radical (unpaired) electrons. The van der Waals surface area contributed by atoms with Gasteiger partial charge >= 0.3 is 0 Å². The molecule has 0 saturated heterocycles. The van der Waals surface area contributed by atoms with E-state index < -0.39 is 6.04 Å². The van der Waals surface area contributed by atoms with Crippen molar-refractivity contribution in [2.75, 3.05) is 4.90 Å². The Hall–Kier alpha value is -3.54. The predicted molar refractivity (Wildman–Crippen MR) is 124 cm³/mol. The second kappa shape index (κ2) is 10.2. The zero-order valence-electron chi connectivity index (χ0n) is 18.3. The molecule has 1 saturated carbocycles. The van der Waals surface area contributed by atoms with Crippen LogP contribution in [0.1, 0.15) is 59.8 Å². The Kier molecular flexibility index (Phi) is 6.90. The summed E-state index contributed by atoms with van der Waals surface area (Å²) in [7, 11) is 0. The molecule has 6 heteroatoms. The number of nitrogens with zero attached hydrogens (tertiary/aromatic N) is 3. The summed E-state index contributed by atoms with van der Waals surface area (Å²) < 4.78 is 0. The molecular formula is C26H28N4O2. The number of amides is 2. The summed E-state index contributed by atoms with van der Waals surface area (Å²) in [5, 5.41) is 3.21. The van der Waals surface area contributed by atoms with Crippen LogP contribution in [0, 0.1) is 6.92 Å². The summed E-state index contributed by atoms with van der Waals surface area (Å²) in [5.74, 6) is -0.531. The molecule has 1 N–H and O–H groups in total. The first-order valence-corrected chi connectivity index (χ1v) is 11.1. The largest absolute Gasteiger partial charge is 0.351 e. The molecule has 0 bridgehead atoms. The van der Waals surface area contributed by atoms with Gasteiger partial charge in [-0.05, 0) is 49.6 Å². The predicted octanol–water partition coefficient (Wildman–Crippen LogP) is 4.62. The Morgan fingerprint density at radius 2 is 1.75 bits per heavy atom. The van der Waals surface area contributed by atoms with Crippen LogP contribution in [-0.4, -0.2) is 27.8 Å². The second-order valence-corrected chi connectivity index (χ2v) is 8.26. The fourth-order valence-electron chi connectivity index (χ4n) is 4.19. The van der Waals surface area contributed by atoms with E-state index in [0.717, 1.165) is 36.8 Å². The highest BCUT2D eigenvalue weighted by molar-refractivity contribution is 6.09. The van der Waals surface area contributed by atoms with Crippen molar-refractivity contribution in [1.29, 1.82) is 0 Å². The smallest absolute Gasteiger partial charge is 0.277 e. The fraction of sp³-hybridized carbons (Fsp3) is 0.308. The van der Waals surface area contributed by atoms with Crippen LogP contribution in [-0.2, 0) is 4.79 Å². The number of aryl methyl sites for hydroxylation is 1. The Morgan fingerprint density at radius 1 is 0.969 bits per heavy atom. The van der Waals surface area contributed by atoms with Crippen molar-refractivity contribution in [3.8, 4) is 0 Å². The van der Waals surface area contributed by atoms with Crippen molar-refractivity contribution in [3.63, 3.8) is 0 Å². The van der Waals surface area contributed by atoms with E-state index in [9.17, 15) is 9.59 Å². The van der Waals surface area contributed by atoms with E-state index in [-0.39, 0.29) is 23.6 Å². The molecule has 3 aromatic rings. The lowest BCUT2D eigenvalue weighted by molar-refractivity contribution is -0.123. The molecule has 1 aromatic carbocycles. The van der Waals surface area contributed by atoms with Crippen molar-refractivity contribution in [2.24, 2.45) is 0 Å². The third-order valence-electron chi connectivity index (χ3n) is 5.88. The van der Waals surface area contributed by atoms with E-state index in [4.69, 9.17) is 0 Å². The maximum Gasteiger partial charge on any atom is 0.277 e. The standard InChI is InChI=1S/C26H28N4O2/c1-19-12-14-20(15-13-19)24(25(31)29-21-8-3-2-4-9-21)30(22-10-7-16-27-18-22)26(32)23-11-5-6-17-28-23/h5-7,10-18,21,24H,2-4,8-9H2,1H3,(H,29,31)/t24-/m0/s1. The van der Waals surface area contributed by atoms with Gasteiger partial charge in [0.15, 0.2) is 0 Å². The minimum Gasteiger partial charge on any atom is -0.351 e. The van der Waals surface area contributed by atoms with E-state index in [2.05, 4.69) is 15.3 Å². The average molecular weight is 429 g/mol. The number of carbonyl (C=O) groups excluding carboxylic acids is 2. The molecule has 2 aromatic heterocycles. The number of benzene rings is 1. The topological polar surface area (TPSA) is 75.2 Å². The van der Waals surface area contributed by atoms with Gasteiger partial charge in [-0.3, -0.25) is 24.5 Å². The van der Waals surface area contributed by atoms with Crippen LogP contribution in [0.4, 0.5) is 5.69 Å². The SMILES string of the molecule is Cc1ccc([C@@H](C(=O)NC2CCCCC2)N(C(=O)c2ccccn2)c2cccnc2)cc1. The summed E-state index contributed by atoms with van der Waals surface area (Å²) in [5.41, 5.74) is 2.66. The lowest BCUT2D eigenvalue weighted by atomic mass is 9.94. The molecular weight excluding hydrogens is 400 g/mol. The number of pyridine rings is 2. The average Bonchev–Trinajstić information content (AvgIpc) is 2.84. The summed E-state index contributed by atoms with van der Waals surface area (Å²) in [4.78, 5) is 37.3. The highest BCUT2D eigenvalue weighted by atomic mass is 16.2. The lowest BCUT2D eigenvalue weighted by Crippen LogP contribution is -2.47. The molecule has 0 unspecified atom stereocenters. The molecule has 164 valence electrons. The van der Waals surface area contributed by atoms with E-state index >= 15 is 0 Å². The Labute approximate surface area is 188 Å². The highest BCUT2D eigenvalue weighted by Gasteiger charge is 2.35. The maximum absolute atomic E-state index is 13.7. The Balaban J connectivity index is 1.77. The van der Waals surface area contributed by atoms with Crippen LogP contribution >= 0.6 is 0 Å². The zero-order chi connectivity index (χ0) is 22.3. The van der Waals surface area contributed by atoms with Gasteiger partial charge in [0.05, 0.1) is 11.9 Å². The molecule has 2 amide bonds. The van der Waals surface area contributed by atoms with Crippen LogP contribution in [0.3, 0.4) is 0 Å². The first-order valence-electron chi connectivity index (χ1n) is 11.1.